The molecule has 0 saturated carbocycles. The fraction of sp³-hybridized carbons (Fsp3) is 0.538. The van der Waals surface area contributed by atoms with Gasteiger partial charge in [-0.05, 0) is 37.5 Å². The van der Waals surface area contributed by atoms with Gasteiger partial charge in [0.25, 0.3) is 0 Å². The Bertz CT molecular complexity index is 604. The van der Waals surface area contributed by atoms with E-state index < -0.39 is 15.6 Å². The maximum Gasteiger partial charge on any atom is 0.241 e. The number of aliphatic hydroxyl groups is 1. The van der Waals surface area contributed by atoms with E-state index in [-0.39, 0.29) is 11.5 Å². The number of nitrogen functional groups attached to an aromatic ring is 1. The molecular weight excluding hydrogens is 316 g/mol. The van der Waals surface area contributed by atoms with Crippen LogP contribution in [-0.2, 0) is 14.8 Å². The fourth-order valence-corrected chi connectivity index (χ4v) is 4.03. The highest BCUT2D eigenvalue weighted by molar-refractivity contribution is 7.89. The summed E-state index contributed by atoms with van der Waals surface area (Å²) in [7, 11) is -3.82. The summed E-state index contributed by atoms with van der Waals surface area (Å²) < 4.78 is 32.8. The first-order chi connectivity index (χ1) is 9.80. The van der Waals surface area contributed by atoms with Crippen molar-refractivity contribution in [1.29, 1.82) is 0 Å². The number of sulfonamides is 1. The fourth-order valence-electron chi connectivity index (χ4n) is 2.23. The molecule has 4 N–H and O–H groups in total. The van der Waals surface area contributed by atoms with Crippen molar-refractivity contribution in [1.82, 2.24) is 4.72 Å². The van der Waals surface area contributed by atoms with E-state index in [2.05, 4.69) is 4.72 Å². The smallest absolute Gasteiger partial charge is 0.241 e. The summed E-state index contributed by atoms with van der Waals surface area (Å²) in [6, 6.07) is 2.73. The van der Waals surface area contributed by atoms with Crippen molar-refractivity contribution in [3.8, 4) is 0 Å². The Balaban J connectivity index is 2.33. The zero-order valence-corrected chi connectivity index (χ0v) is 13.3. The second-order valence-electron chi connectivity index (χ2n) is 5.28. The molecule has 1 saturated heterocycles. The molecule has 1 aromatic carbocycles. The van der Waals surface area contributed by atoms with E-state index in [1.807, 2.05) is 0 Å². The van der Waals surface area contributed by atoms with Crippen molar-refractivity contribution >= 4 is 27.3 Å². The average molecular weight is 335 g/mol. The van der Waals surface area contributed by atoms with Gasteiger partial charge in [0.2, 0.25) is 10.0 Å². The molecule has 0 bridgehead atoms. The Hall–Kier alpha value is -0.860. The molecular formula is C13H19ClN2O4S. The van der Waals surface area contributed by atoms with Crippen LogP contribution in [0.3, 0.4) is 0 Å². The molecule has 8 heteroatoms. The molecule has 0 unspecified atom stereocenters. The van der Waals surface area contributed by atoms with Gasteiger partial charge < -0.3 is 15.6 Å². The minimum absolute atomic E-state index is 0.00471. The highest BCUT2D eigenvalue weighted by atomic mass is 35.5. The second kappa shape index (κ2) is 6.10. The first kappa shape index (κ1) is 16.5. The van der Waals surface area contributed by atoms with Gasteiger partial charge in [0, 0.05) is 23.9 Å². The van der Waals surface area contributed by atoms with Crippen LogP contribution in [0.25, 0.3) is 0 Å². The zero-order chi connectivity index (χ0) is 15.7. The lowest BCUT2D eigenvalue weighted by Crippen LogP contribution is -2.54. The molecule has 0 aromatic heterocycles. The predicted molar refractivity (Wildman–Crippen MR) is 80.8 cm³/mol. The van der Waals surface area contributed by atoms with Crippen LogP contribution < -0.4 is 10.5 Å². The van der Waals surface area contributed by atoms with Gasteiger partial charge in [-0.15, -0.1) is 0 Å². The largest absolute Gasteiger partial charge is 0.398 e. The Labute approximate surface area is 129 Å². The highest BCUT2D eigenvalue weighted by Crippen LogP contribution is 2.28. The van der Waals surface area contributed by atoms with Gasteiger partial charge in [0.15, 0.2) is 0 Å². The summed E-state index contributed by atoms with van der Waals surface area (Å²) in [6.07, 6.45) is 0.829. The summed E-state index contributed by atoms with van der Waals surface area (Å²) in [5, 5.41) is 9.86. The molecule has 0 aliphatic carbocycles. The van der Waals surface area contributed by atoms with Crippen LogP contribution in [0.2, 0.25) is 5.02 Å². The number of hydrogen-bond donors (Lipinski definition) is 3. The van der Waals surface area contributed by atoms with Crippen molar-refractivity contribution in [2.24, 2.45) is 0 Å². The number of ether oxygens (including phenoxy) is 1. The Morgan fingerprint density at radius 2 is 2.05 bits per heavy atom. The number of rotatable bonds is 4. The zero-order valence-electron chi connectivity index (χ0n) is 11.7. The molecule has 1 fully saturated rings. The topological polar surface area (TPSA) is 102 Å². The highest BCUT2D eigenvalue weighted by Gasteiger charge is 2.36. The lowest BCUT2D eigenvalue weighted by Gasteiger charge is -2.35. The number of nitrogens with two attached hydrogens (primary N) is 1. The van der Waals surface area contributed by atoms with Gasteiger partial charge in [-0.2, -0.15) is 0 Å². The molecule has 0 atom stereocenters. The lowest BCUT2D eigenvalue weighted by atomic mass is 9.93. The maximum atomic E-state index is 12.5. The minimum atomic E-state index is -3.82. The van der Waals surface area contributed by atoms with E-state index in [4.69, 9.17) is 22.1 Å². The van der Waals surface area contributed by atoms with Crippen LogP contribution in [0, 0.1) is 6.92 Å². The molecule has 2 rings (SSSR count). The average Bonchev–Trinajstić information content (AvgIpc) is 2.44. The number of halogens is 1. The van der Waals surface area contributed by atoms with Crippen molar-refractivity contribution in [3.05, 3.63) is 22.7 Å². The SMILES string of the molecule is Cc1c(N)cc(S(=O)(=O)NC2(CO)CCOCC2)cc1Cl. The first-order valence-corrected chi connectivity index (χ1v) is 8.44. The van der Waals surface area contributed by atoms with E-state index in [1.54, 1.807) is 6.92 Å². The lowest BCUT2D eigenvalue weighted by molar-refractivity contribution is 0.0223. The summed E-state index contributed by atoms with van der Waals surface area (Å²) in [4.78, 5) is -0.00471. The van der Waals surface area contributed by atoms with Crippen LogP contribution in [0.5, 0.6) is 0 Å². The van der Waals surface area contributed by atoms with Crippen LogP contribution in [0.15, 0.2) is 17.0 Å². The molecule has 1 aliphatic rings. The van der Waals surface area contributed by atoms with E-state index >= 15 is 0 Å². The van der Waals surface area contributed by atoms with Crippen LogP contribution in [0.1, 0.15) is 18.4 Å². The number of nitrogens with one attached hydrogen (secondary N) is 1. The second-order valence-corrected chi connectivity index (χ2v) is 7.37. The molecule has 6 nitrogen and oxygen atoms in total. The van der Waals surface area contributed by atoms with Gasteiger partial charge >= 0.3 is 0 Å². The van der Waals surface area contributed by atoms with Gasteiger partial charge in [-0.1, -0.05) is 11.6 Å². The van der Waals surface area contributed by atoms with E-state index in [0.717, 1.165) is 0 Å². The van der Waals surface area contributed by atoms with Crippen molar-refractivity contribution < 1.29 is 18.3 Å². The van der Waals surface area contributed by atoms with Crippen LogP contribution >= 0.6 is 11.6 Å². The van der Waals surface area contributed by atoms with Crippen LogP contribution in [0.4, 0.5) is 5.69 Å². The molecule has 0 spiro atoms. The van der Waals surface area contributed by atoms with Crippen molar-refractivity contribution in [2.45, 2.75) is 30.2 Å². The molecule has 21 heavy (non-hydrogen) atoms. The van der Waals surface area contributed by atoms with E-state index in [1.165, 1.54) is 12.1 Å². The molecule has 1 aliphatic heterocycles. The van der Waals surface area contributed by atoms with Gasteiger partial charge in [-0.25, -0.2) is 13.1 Å². The molecule has 1 aromatic rings. The minimum Gasteiger partial charge on any atom is -0.398 e. The quantitative estimate of drug-likeness (QED) is 0.714. The standard InChI is InChI=1S/C13H19ClN2O4S/c1-9-11(14)6-10(7-12(9)15)21(18,19)16-13(8-17)2-4-20-5-3-13/h6-7,16-17H,2-5,8,15H2,1H3. The monoisotopic (exact) mass is 334 g/mol. The Kier molecular flexibility index (Phi) is 4.79. The third-order valence-corrected chi connectivity index (χ3v) is 5.72. The van der Waals surface area contributed by atoms with Gasteiger partial charge in [-0.3, -0.25) is 0 Å². The van der Waals surface area contributed by atoms with Crippen molar-refractivity contribution in [3.63, 3.8) is 0 Å². The molecule has 1 heterocycles. The Morgan fingerprint density at radius 1 is 1.43 bits per heavy atom. The van der Waals surface area contributed by atoms with Gasteiger partial charge in [0.1, 0.15) is 0 Å². The summed E-state index contributed by atoms with van der Waals surface area (Å²) in [6.45, 7) is 2.24. The Morgan fingerprint density at radius 3 is 2.57 bits per heavy atom. The third-order valence-electron chi connectivity index (χ3n) is 3.77. The maximum absolute atomic E-state index is 12.5. The predicted octanol–water partition coefficient (Wildman–Crippen LogP) is 1.05. The number of anilines is 1. The summed E-state index contributed by atoms with van der Waals surface area (Å²) in [5.74, 6) is 0. The molecule has 0 radical (unpaired) electrons. The number of benzene rings is 1. The summed E-state index contributed by atoms with van der Waals surface area (Å²) >= 11 is 5.99. The number of hydrogen-bond acceptors (Lipinski definition) is 5. The third kappa shape index (κ3) is 3.49. The normalized spacial score (nSPS) is 18.6. The van der Waals surface area contributed by atoms with E-state index in [9.17, 15) is 13.5 Å². The first-order valence-electron chi connectivity index (χ1n) is 6.58. The molecule has 118 valence electrons. The summed E-state index contributed by atoms with van der Waals surface area (Å²) in [5.41, 5.74) is 5.82. The molecule has 0 amide bonds. The number of aliphatic hydroxyl groups excluding tert-OH is 1. The van der Waals surface area contributed by atoms with E-state index in [0.29, 0.717) is 42.3 Å². The van der Waals surface area contributed by atoms with Crippen LogP contribution in [-0.4, -0.2) is 38.9 Å². The van der Waals surface area contributed by atoms with Gasteiger partial charge in [0.05, 0.1) is 17.0 Å². The van der Waals surface area contributed by atoms with Crippen molar-refractivity contribution in [2.75, 3.05) is 25.6 Å².